The summed E-state index contributed by atoms with van der Waals surface area (Å²) in [6, 6.07) is 13.5. The summed E-state index contributed by atoms with van der Waals surface area (Å²) >= 11 is 7.31. The third kappa shape index (κ3) is 5.77. The van der Waals surface area contributed by atoms with Gasteiger partial charge in [-0.15, -0.1) is 10.2 Å². The fraction of sp³-hybridized carbons (Fsp3) is 0.238. The number of nitrogens with one attached hydrogen (secondary N) is 2. The normalized spacial score (nSPS) is 11.6. The van der Waals surface area contributed by atoms with Crippen molar-refractivity contribution in [3.8, 4) is 5.75 Å². The number of halogens is 1. The van der Waals surface area contributed by atoms with Crippen molar-refractivity contribution in [3.63, 3.8) is 0 Å². The molecular formula is C21H22ClN5O3S. The van der Waals surface area contributed by atoms with Gasteiger partial charge in [-0.2, -0.15) is 0 Å². The summed E-state index contributed by atoms with van der Waals surface area (Å²) in [4.78, 5) is 24.7. The summed E-state index contributed by atoms with van der Waals surface area (Å²) in [6.45, 7) is 1.82. The van der Waals surface area contributed by atoms with Crippen LogP contribution in [0.2, 0.25) is 5.02 Å². The Bertz CT molecular complexity index is 1070. The molecule has 3 aromatic rings. The number of carbonyl (C=O) groups is 2. The lowest BCUT2D eigenvalue weighted by molar-refractivity contribution is -0.113. The molecule has 2 amide bonds. The van der Waals surface area contributed by atoms with Gasteiger partial charge < -0.3 is 19.9 Å². The Kier molecular flexibility index (Phi) is 7.54. The molecule has 0 spiro atoms. The SMILES string of the molecule is COc1ccc(C(=O)NC(C)c2nnc(SCC(=O)Nc3ccccc3Cl)n2C)cc1. The van der Waals surface area contributed by atoms with E-state index < -0.39 is 0 Å². The van der Waals surface area contributed by atoms with Crippen molar-refractivity contribution in [2.24, 2.45) is 7.05 Å². The average Bonchev–Trinajstić information content (AvgIpc) is 3.14. The smallest absolute Gasteiger partial charge is 0.251 e. The first-order valence-electron chi connectivity index (χ1n) is 9.40. The van der Waals surface area contributed by atoms with E-state index in [4.69, 9.17) is 16.3 Å². The van der Waals surface area contributed by atoms with Crippen molar-refractivity contribution >= 4 is 40.9 Å². The monoisotopic (exact) mass is 459 g/mol. The van der Waals surface area contributed by atoms with E-state index in [0.29, 0.717) is 33.0 Å². The number of para-hydroxylation sites is 1. The Morgan fingerprint density at radius 1 is 1.16 bits per heavy atom. The topological polar surface area (TPSA) is 98.1 Å². The van der Waals surface area contributed by atoms with Crippen LogP contribution in [0.4, 0.5) is 5.69 Å². The minimum absolute atomic E-state index is 0.143. The first kappa shape index (κ1) is 22.6. The van der Waals surface area contributed by atoms with Crippen molar-refractivity contribution in [2.75, 3.05) is 18.2 Å². The second kappa shape index (κ2) is 10.3. The summed E-state index contributed by atoms with van der Waals surface area (Å²) in [5, 5.41) is 15.0. The van der Waals surface area contributed by atoms with Crippen LogP contribution in [-0.4, -0.2) is 39.4 Å². The van der Waals surface area contributed by atoms with Gasteiger partial charge in [-0.3, -0.25) is 9.59 Å². The second-order valence-electron chi connectivity index (χ2n) is 6.64. The number of carbonyl (C=O) groups excluding carboxylic acids is 2. The van der Waals surface area contributed by atoms with E-state index in [9.17, 15) is 9.59 Å². The van der Waals surface area contributed by atoms with Crippen molar-refractivity contribution in [2.45, 2.75) is 18.1 Å². The molecule has 1 heterocycles. The first-order chi connectivity index (χ1) is 14.9. The number of nitrogens with zero attached hydrogens (tertiary/aromatic N) is 3. The summed E-state index contributed by atoms with van der Waals surface area (Å²) in [6.07, 6.45) is 0. The quantitative estimate of drug-likeness (QED) is 0.498. The molecule has 0 fully saturated rings. The maximum atomic E-state index is 12.5. The summed E-state index contributed by atoms with van der Waals surface area (Å²) in [5.74, 6) is 0.966. The van der Waals surface area contributed by atoms with Gasteiger partial charge in [0.15, 0.2) is 11.0 Å². The number of anilines is 1. The van der Waals surface area contributed by atoms with Crippen molar-refractivity contribution in [3.05, 3.63) is 64.9 Å². The van der Waals surface area contributed by atoms with Gasteiger partial charge >= 0.3 is 0 Å². The van der Waals surface area contributed by atoms with Crippen LogP contribution < -0.4 is 15.4 Å². The lowest BCUT2D eigenvalue weighted by atomic mass is 10.2. The molecule has 0 saturated heterocycles. The molecular weight excluding hydrogens is 438 g/mol. The number of thioether (sulfide) groups is 1. The molecule has 0 saturated carbocycles. The fourth-order valence-corrected chi connectivity index (χ4v) is 3.70. The molecule has 0 aliphatic heterocycles. The molecule has 8 nitrogen and oxygen atoms in total. The van der Waals surface area contributed by atoms with E-state index in [2.05, 4.69) is 20.8 Å². The van der Waals surface area contributed by atoms with Crippen LogP contribution >= 0.6 is 23.4 Å². The maximum Gasteiger partial charge on any atom is 0.251 e. The minimum Gasteiger partial charge on any atom is -0.497 e. The molecule has 0 radical (unpaired) electrons. The maximum absolute atomic E-state index is 12.5. The number of rotatable bonds is 8. The summed E-state index contributed by atoms with van der Waals surface area (Å²) in [7, 11) is 3.36. The molecule has 3 rings (SSSR count). The van der Waals surface area contributed by atoms with Crippen LogP contribution in [0, 0.1) is 0 Å². The van der Waals surface area contributed by atoms with Crippen molar-refractivity contribution in [1.82, 2.24) is 20.1 Å². The van der Waals surface area contributed by atoms with E-state index in [0.717, 1.165) is 0 Å². The van der Waals surface area contributed by atoms with Crippen LogP contribution in [0.15, 0.2) is 53.7 Å². The molecule has 0 aliphatic rings. The number of hydrogen-bond donors (Lipinski definition) is 2. The third-order valence-electron chi connectivity index (χ3n) is 4.44. The van der Waals surface area contributed by atoms with Crippen molar-refractivity contribution in [1.29, 1.82) is 0 Å². The van der Waals surface area contributed by atoms with Gasteiger partial charge in [-0.1, -0.05) is 35.5 Å². The van der Waals surface area contributed by atoms with Gasteiger partial charge in [0.1, 0.15) is 5.75 Å². The molecule has 0 aliphatic carbocycles. The number of amides is 2. The zero-order valence-corrected chi connectivity index (χ0v) is 18.8. The lowest BCUT2D eigenvalue weighted by Gasteiger charge is -2.14. The van der Waals surface area contributed by atoms with Gasteiger partial charge in [-0.25, -0.2) is 0 Å². The number of aromatic nitrogens is 3. The number of hydrogen-bond acceptors (Lipinski definition) is 6. The van der Waals surface area contributed by atoms with Crippen LogP contribution in [0.3, 0.4) is 0 Å². The summed E-state index contributed by atoms with van der Waals surface area (Å²) < 4.78 is 6.86. The molecule has 10 heteroatoms. The Morgan fingerprint density at radius 2 is 1.87 bits per heavy atom. The van der Waals surface area contributed by atoms with E-state index in [1.165, 1.54) is 11.8 Å². The highest BCUT2D eigenvalue weighted by Crippen LogP contribution is 2.23. The van der Waals surface area contributed by atoms with Crippen LogP contribution in [-0.2, 0) is 11.8 Å². The Labute approximate surface area is 189 Å². The van der Waals surface area contributed by atoms with Gasteiger partial charge in [0.25, 0.3) is 5.91 Å². The van der Waals surface area contributed by atoms with Gasteiger partial charge in [0.2, 0.25) is 5.91 Å². The predicted octanol–water partition coefficient (Wildman–Crippen LogP) is 3.70. The predicted molar refractivity (Wildman–Crippen MR) is 121 cm³/mol. The first-order valence-corrected chi connectivity index (χ1v) is 10.8. The molecule has 1 aromatic heterocycles. The van der Waals surface area contributed by atoms with Gasteiger partial charge in [0, 0.05) is 12.6 Å². The molecule has 1 atom stereocenters. The highest BCUT2D eigenvalue weighted by molar-refractivity contribution is 7.99. The van der Waals surface area contributed by atoms with E-state index >= 15 is 0 Å². The molecule has 2 aromatic carbocycles. The largest absolute Gasteiger partial charge is 0.497 e. The number of ether oxygens (including phenoxy) is 1. The van der Waals surface area contributed by atoms with Crippen LogP contribution in [0.1, 0.15) is 29.1 Å². The zero-order valence-electron chi connectivity index (χ0n) is 17.3. The Hall–Kier alpha value is -3.04. The van der Waals surface area contributed by atoms with Gasteiger partial charge in [0.05, 0.1) is 29.6 Å². The Morgan fingerprint density at radius 3 is 2.55 bits per heavy atom. The second-order valence-corrected chi connectivity index (χ2v) is 7.99. The molecule has 2 N–H and O–H groups in total. The number of benzene rings is 2. The number of methoxy groups -OCH3 is 1. The Balaban J connectivity index is 1.57. The molecule has 31 heavy (non-hydrogen) atoms. The zero-order chi connectivity index (χ0) is 22.4. The average molecular weight is 460 g/mol. The third-order valence-corrected chi connectivity index (χ3v) is 5.79. The van der Waals surface area contributed by atoms with E-state index in [-0.39, 0.29) is 23.6 Å². The highest BCUT2D eigenvalue weighted by atomic mass is 35.5. The standard InChI is InChI=1S/C21H22ClN5O3S/c1-13(23-20(29)14-8-10-15(30-3)11-9-14)19-25-26-21(27(19)2)31-12-18(28)24-17-7-5-4-6-16(17)22/h4-11,13H,12H2,1-3H3,(H,23,29)(H,24,28). The molecule has 1 unspecified atom stereocenters. The van der Waals surface area contributed by atoms with E-state index in [1.807, 2.05) is 6.92 Å². The molecule has 162 valence electrons. The lowest BCUT2D eigenvalue weighted by Crippen LogP contribution is -2.28. The summed E-state index contributed by atoms with van der Waals surface area (Å²) in [5.41, 5.74) is 1.07. The van der Waals surface area contributed by atoms with Crippen LogP contribution in [0.5, 0.6) is 5.75 Å². The minimum atomic E-state index is -0.376. The van der Waals surface area contributed by atoms with E-state index in [1.54, 1.807) is 67.3 Å². The molecule has 0 bridgehead atoms. The van der Waals surface area contributed by atoms with Crippen LogP contribution in [0.25, 0.3) is 0 Å². The highest BCUT2D eigenvalue weighted by Gasteiger charge is 2.19. The van der Waals surface area contributed by atoms with Gasteiger partial charge in [-0.05, 0) is 43.3 Å². The van der Waals surface area contributed by atoms with Crippen molar-refractivity contribution < 1.29 is 14.3 Å². The fourth-order valence-electron chi connectivity index (χ4n) is 2.79.